The monoisotopic (exact) mass is 489 g/mol. The van der Waals surface area contributed by atoms with Crippen molar-refractivity contribution in [2.24, 2.45) is 7.05 Å². The number of aromatic nitrogens is 1. The molecule has 1 aliphatic heterocycles. The van der Waals surface area contributed by atoms with Gasteiger partial charge in [-0.15, -0.1) is 0 Å². The molecular formula is C25H16ClN3O6. The number of fused-ring (bicyclic) bond motifs is 2. The van der Waals surface area contributed by atoms with E-state index in [1.807, 2.05) is 0 Å². The molecule has 0 fully saturated rings. The second-order valence-electron chi connectivity index (χ2n) is 7.93. The van der Waals surface area contributed by atoms with Gasteiger partial charge in [-0.2, -0.15) is 0 Å². The highest BCUT2D eigenvalue weighted by atomic mass is 35.5. The Bertz CT molecular complexity index is 1580. The number of hydrogen-bond donors (Lipinski definition) is 0. The minimum Gasteiger partial charge on any atom is -0.455 e. The number of carbonyl (C=O) groups is 2. The molecule has 35 heavy (non-hydrogen) atoms. The van der Waals surface area contributed by atoms with E-state index in [9.17, 15) is 24.5 Å². The minimum absolute atomic E-state index is 0.114. The van der Waals surface area contributed by atoms with Gasteiger partial charge in [-0.05, 0) is 42.5 Å². The summed E-state index contributed by atoms with van der Waals surface area (Å²) in [6, 6.07) is 16.6. The lowest BCUT2D eigenvalue weighted by Crippen LogP contribution is -2.33. The van der Waals surface area contributed by atoms with E-state index in [0.29, 0.717) is 15.8 Å². The summed E-state index contributed by atoms with van der Waals surface area (Å²) >= 11 is 6.21. The third-order valence-electron chi connectivity index (χ3n) is 5.88. The van der Waals surface area contributed by atoms with Gasteiger partial charge in [0.15, 0.2) is 5.75 Å². The molecule has 10 heteroatoms. The van der Waals surface area contributed by atoms with E-state index in [1.54, 1.807) is 42.5 Å². The normalized spacial score (nSPS) is 12.8. The van der Waals surface area contributed by atoms with Crippen LogP contribution in [0.15, 0.2) is 71.5 Å². The number of carbonyl (C=O) groups excluding carboxylic acids is 2. The molecule has 1 aliphatic rings. The van der Waals surface area contributed by atoms with Crippen LogP contribution in [0.2, 0.25) is 5.02 Å². The fourth-order valence-corrected chi connectivity index (χ4v) is 4.25. The maximum absolute atomic E-state index is 13.1. The maximum Gasteiger partial charge on any atom is 0.269 e. The van der Waals surface area contributed by atoms with Crippen molar-refractivity contribution in [3.63, 3.8) is 0 Å². The highest BCUT2D eigenvalue weighted by Gasteiger charge is 2.36. The van der Waals surface area contributed by atoms with Crippen LogP contribution in [0.1, 0.15) is 26.4 Å². The molecule has 0 aliphatic carbocycles. The highest BCUT2D eigenvalue weighted by Crippen LogP contribution is 2.36. The van der Waals surface area contributed by atoms with E-state index in [-0.39, 0.29) is 46.1 Å². The van der Waals surface area contributed by atoms with Crippen LogP contribution in [0.3, 0.4) is 0 Å². The van der Waals surface area contributed by atoms with E-state index in [2.05, 4.69) is 0 Å². The summed E-state index contributed by atoms with van der Waals surface area (Å²) in [5.41, 5.74) is 0.349. The third kappa shape index (κ3) is 3.71. The van der Waals surface area contributed by atoms with Gasteiger partial charge in [-0.1, -0.05) is 23.7 Å². The Hall–Kier alpha value is -4.50. The summed E-state index contributed by atoms with van der Waals surface area (Å²) in [5, 5.41) is 12.1. The fourth-order valence-electron chi connectivity index (χ4n) is 4.08. The Morgan fingerprint density at radius 2 is 1.54 bits per heavy atom. The Kier molecular flexibility index (Phi) is 5.33. The molecule has 2 heterocycles. The summed E-state index contributed by atoms with van der Waals surface area (Å²) < 4.78 is 7.44. The zero-order valence-electron chi connectivity index (χ0n) is 18.2. The van der Waals surface area contributed by atoms with Gasteiger partial charge in [0.1, 0.15) is 5.75 Å². The van der Waals surface area contributed by atoms with E-state index in [1.165, 1.54) is 35.9 Å². The lowest BCUT2D eigenvalue weighted by atomic mass is 10.1. The Morgan fingerprint density at radius 3 is 2.14 bits per heavy atom. The molecule has 2 amide bonds. The molecule has 174 valence electrons. The molecular weight excluding hydrogens is 474 g/mol. The van der Waals surface area contributed by atoms with Crippen molar-refractivity contribution < 1.29 is 19.2 Å². The van der Waals surface area contributed by atoms with Gasteiger partial charge >= 0.3 is 0 Å². The molecule has 0 saturated carbocycles. The first-order valence-corrected chi connectivity index (χ1v) is 10.8. The van der Waals surface area contributed by atoms with Gasteiger partial charge in [-0.3, -0.25) is 29.4 Å². The largest absolute Gasteiger partial charge is 0.455 e. The zero-order chi connectivity index (χ0) is 24.9. The number of pyridine rings is 1. The van der Waals surface area contributed by atoms with Crippen LogP contribution in [-0.4, -0.2) is 26.2 Å². The average Bonchev–Trinajstić information content (AvgIpc) is 3.09. The summed E-state index contributed by atoms with van der Waals surface area (Å²) in [6.45, 7) is -0.233. The molecule has 0 unspecified atom stereocenters. The highest BCUT2D eigenvalue weighted by molar-refractivity contribution is 6.31. The van der Waals surface area contributed by atoms with Gasteiger partial charge in [0.05, 0.1) is 33.7 Å². The van der Waals surface area contributed by atoms with Gasteiger partial charge < -0.3 is 9.30 Å². The first-order chi connectivity index (χ1) is 16.8. The predicted molar refractivity (Wildman–Crippen MR) is 128 cm³/mol. The summed E-state index contributed by atoms with van der Waals surface area (Å²) in [7, 11) is 1.52. The van der Waals surface area contributed by atoms with Gasteiger partial charge in [0, 0.05) is 29.6 Å². The summed E-state index contributed by atoms with van der Waals surface area (Å²) in [6.07, 6.45) is 0. The molecule has 0 bridgehead atoms. The Morgan fingerprint density at radius 1 is 0.914 bits per heavy atom. The number of nitrogens with zero attached hydrogens (tertiary/aromatic N) is 3. The van der Waals surface area contributed by atoms with Gasteiger partial charge in [0.2, 0.25) is 0 Å². The lowest BCUT2D eigenvalue weighted by Gasteiger charge is -2.21. The first-order valence-electron chi connectivity index (χ1n) is 10.4. The Labute approximate surface area is 202 Å². The molecule has 0 radical (unpaired) electrons. The van der Waals surface area contributed by atoms with Crippen LogP contribution in [0.5, 0.6) is 11.5 Å². The second kappa shape index (κ2) is 8.37. The number of halogens is 1. The number of non-ortho nitro benzene ring substituents is 1. The molecule has 5 rings (SSSR count). The molecule has 1 aromatic heterocycles. The number of nitro groups is 1. The number of nitro benzene ring substituents is 1. The van der Waals surface area contributed by atoms with Crippen LogP contribution in [0.25, 0.3) is 10.8 Å². The quantitative estimate of drug-likeness (QED) is 0.228. The van der Waals surface area contributed by atoms with Crippen molar-refractivity contribution in [3.05, 3.63) is 109 Å². The van der Waals surface area contributed by atoms with E-state index in [4.69, 9.17) is 16.3 Å². The van der Waals surface area contributed by atoms with E-state index < -0.39 is 16.7 Å². The zero-order valence-corrected chi connectivity index (χ0v) is 19.0. The maximum atomic E-state index is 13.1. The number of ether oxygens (including phenoxy) is 1. The van der Waals surface area contributed by atoms with Crippen molar-refractivity contribution in [3.8, 4) is 11.5 Å². The van der Waals surface area contributed by atoms with Crippen molar-refractivity contribution in [2.45, 2.75) is 6.54 Å². The van der Waals surface area contributed by atoms with Gasteiger partial charge in [-0.25, -0.2) is 0 Å². The Balaban J connectivity index is 1.66. The molecule has 4 aromatic rings. The van der Waals surface area contributed by atoms with Crippen LogP contribution >= 0.6 is 11.6 Å². The lowest BCUT2D eigenvalue weighted by molar-refractivity contribution is -0.384. The van der Waals surface area contributed by atoms with Crippen molar-refractivity contribution in [1.29, 1.82) is 0 Å². The van der Waals surface area contributed by atoms with Crippen molar-refractivity contribution in [1.82, 2.24) is 9.47 Å². The van der Waals surface area contributed by atoms with Crippen molar-refractivity contribution in [2.75, 3.05) is 0 Å². The summed E-state index contributed by atoms with van der Waals surface area (Å²) in [4.78, 5) is 50.7. The number of benzene rings is 3. The average molecular weight is 490 g/mol. The number of rotatable bonds is 5. The standard InChI is InChI=1S/C25H16ClN3O6/c1-27-21(13-28-24(31)17-4-2-3-5-18(17)25(28)32)22(20-12-14(26)6-11-19(20)23(27)30)35-16-9-7-15(8-10-16)29(33)34/h2-12H,13H2,1H3. The molecule has 0 saturated heterocycles. The minimum atomic E-state index is -0.529. The number of amides is 2. The number of imide groups is 1. The molecule has 0 N–H and O–H groups in total. The van der Waals surface area contributed by atoms with E-state index >= 15 is 0 Å². The molecule has 3 aromatic carbocycles. The fraction of sp³-hybridized carbons (Fsp3) is 0.0800. The topological polar surface area (TPSA) is 112 Å². The predicted octanol–water partition coefficient (Wildman–Crippen LogP) is 4.69. The van der Waals surface area contributed by atoms with E-state index in [0.717, 1.165) is 4.90 Å². The van der Waals surface area contributed by atoms with Crippen LogP contribution < -0.4 is 10.3 Å². The van der Waals surface area contributed by atoms with Crippen LogP contribution in [0, 0.1) is 10.1 Å². The molecule has 9 nitrogen and oxygen atoms in total. The second-order valence-corrected chi connectivity index (χ2v) is 8.36. The van der Waals surface area contributed by atoms with Crippen LogP contribution in [-0.2, 0) is 13.6 Å². The summed E-state index contributed by atoms with van der Waals surface area (Å²) in [5.74, 6) is -0.495. The van der Waals surface area contributed by atoms with Gasteiger partial charge in [0.25, 0.3) is 23.1 Å². The SMILES string of the molecule is Cn1c(CN2C(=O)c3ccccc3C2=O)c(Oc2ccc([N+](=O)[O-])cc2)c2cc(Cl)ccc2c1=O. The third-order valence-corrected chi connectivity index (χ3v) is 6.12. The first kappa shape index (κ1) is 22.3. The molecule has 0 atom stereocenters. The van der Waals surface area contributed by atoms with Crippen LogP contribution in [0.4, 0.5) is 5.69 Å². The smallest absolute Gasteiger partial charge is 0.269 e. The number of hydrogen-bond acceptors (Lipinski definition) is 6. The van der Waals surface area contributed by atoms with Crippen molar-refractivity contribution >= 4 is 39.9 Å². The molecule has 0 spiro atoms.